The van der Waals surface area contributed by atoms with Gasteiger partial charge < -0.3 is 19.3 Å². The third-order valence-corrected chi connectivity index (χ3v) is 5.58. The molecule has 0 unspecified atom stereocenters. The van der Waals surface area contributed by atoms with Crippen LogP contribution in [-0.4, -0.2) is 60.7 Å². The predicted octanol–water partition coefficient (Wildman–Crippen LogP) is 3.44. The van der Waals surface area contributed by atoms with Crippen molar-refractivity contribution in [2.45, 2.75) is 13.3 Å². The summed E-state index contributed by atoms with van der Waals surface area (Å²) in [7, 11) is 1.64. The van der Waals surface area contributed by atoms with Crippen molar-refractivity contribution < 1.29 is 14.3 Å². The van der Waals surface area contributed by atoms with Gasteiger partial charge in [-0.15, -0.1) is 0 Å². The molecule has 0 bridgehead atoms. The van der Waals surface area contributed by atoms with Gasteiger partial charge in [-0.1, -0.05) is 12.1 Å². The molecule has 0 spiro atoms. The third kappa shape index (κ3) is 5.17. The molecule has 0 saturated carbocycles. The topological polar surface area (TPSA) is 67.8 Å². The summed E-state index contributed by atoms with van der Waals surface area (Å²) in [5, 5.41) is 0. The van der Waals surface area contributed by atoms with Gasteiger partial charge >= 0.3 is 0 Å². The lowest BCUT2D eigenvalue weighted by Crippen LogP contribution is -2.49. The van der Waals surface area contributed by atoms with Crippen LogP contribution in [-0.2, 0) is 11.2 Å². The molecule has 1 aliphatic rings. The second-order valence-corrected chi connectivity index (χ2v) is 7.61. The number of benzene rings is 2. The minimum Gasteiger partial charge on any atom is -0.497 e. The van der Waals surface area contributed by atoms with Crippen LogP contribution in [0.3, 0.4) is 0 Å². The maximum atomic E-state index is 12.7. The molecule has 0 radical (unpaired) electrons. The second-order valence-electron chi connectivity index (χ2n) is 7.61. The van der Waals surface area contributed by atoms with Crippen molar-refractivity contribution in [3.05, 3.63) is 66.5 Å². The lowest BCUT2D eigenvalue weighted by Gasteiger charge is -2.35. The fourth-order valence-corrected chi connectivity index (χ4v) is 3.78. The molecule has 1 aliphatic heterocycles. The summed E-state index contributed by atoms with van der Waals surface area (Å²) < 4.78 is 10.7. The summed E-state index contributed by atoms with van der Waals surface area (Å²) in [4.78, 5) is 25.7. The highest BCUT2D eigenvalue weighted by Crippen LogP contribution is 2.24. The van der Waals surface area contributed by atoms with Crippen molar-refractivity contribution in [1.82, 2.24) is 14.9 Å². The zero-order valence-corrected chi connectivity index (χ0v) is 18.5. The Morgan fingerprint density at radius 2 is 1.62 bits per heavy atom. The average Bonchev–Trinajstić information content (AvgIpc) is 2.85. The maximum absolute atomic E-state index is 12.7. The number of piperazine rings is 1. The van der Waals surface area contributed by atoms with Crippen molar-refractivity contribution in [3.63, 3.8) is 0 Å². The Balaban J connectivity index is 1.35. The quantitative estimate of drug-likeness (QED) is 0.570. The number of amides is 1. The van der Waals surface area contributed by atoms with Gasteiger partial charge in [0.05, 0.1) is 25.8 Å². The predicted molar refractivity (Wildman–Crippen MR) is 124 cm³/mol. The summed E-state index contributed by atoms with van der Waals surface area (Å²) >= 11 is 0. The number of carbonyl (C=O) groups excluding carboxylic acids is 1. The molecule has 0 atom stereocenters. The van der Waals surface area contributed by atoms with Crippen LogP contribution in [0.2, 0.25) is 0 Å². The monoisotopic (exact) mass is 432 g/mol. The number of hydrogen-bond donors (Lipinski definition) is 0. The molecule has 0 aliphatic carbocycles. The molecule has 7 heteroatoms. The van der Waals surface area contributed by atoms with Crippen molar-refractivity contribution in [1.29, 1.82) is 0 Å². The van der Waals surface area contributed by atoms with Crippen LogP contribution in [0.4, 0.5) is 5.82 Å². The molecule has 1 saturated heterocycles. The van der Waals surface area contributed by atoms with Gasteiger partial charge in [0.25, 0.3) is 0 Å². The molecular formula is C25H28N4O3. The molecule has 1 amide bonds. The molecule has 4 rings (SSSR count). The number of nitrogens with zero attached hydrogens (tertiary/aromatic N) is 4. The van der Waals surface area contributed by atoms with E-state index in [9.17, 15) is 4.79 Å². The molecular weight excluding hydrogens is 404 g/mol. The number of rotatable bonds is 7. The highest BCUT2D eigenvalue weighted by Gasteiger charge is 2.22. The Labute approximate surface area is 188 Å². The summed E-state index contributed by atoms with van der Waals surface area (Å²) in [6, 6.07) is 17.6. The van der Waals surface area contributed by atoms with Gasteiger partial charge in [0.2, 0.25) is 5.91 Å². The van der Waals surface area contributed by atoms with Crippen molar-refractivity contribution >= 4 is 11.7 Å². The van der Waals surface area contributed by atoms with Crippen LogP contribution in [0.5, 0.6) is 11.5 Å². The van der Waals surface area contributed by atoms with Crippen molar-refractivity contribution in [3.8, 4) is 22.8 Å². The number of aromatic nitrogens is 2. The first-order valence-electron chi connectivity index (χ1n) is 10.9. The van der Waals surface area contributed by atoms with E-state index in [2.05, 4.69) is 14.9 Å². The van der Waals surface area contributed by atoms with E-state index in [0.29, 0.717) is 26.1 Å². The minimum atomic E-state index is 0.146. The van der Waals surface area contributed by atoms with Gasteiger partial charge in [0.15, 0.2) is 0 Å². The summed E-state index contributed by atoms with van der Waals surface area (Å²) in [5.41, 5.74) is 2.88. The Hall–Kier alpha value is -3.61. The normalized spacial score (nSPS) is 13.7. The van der Waals surface area contributed by atoms with Crippen LogP contribution in [0.25, 0.3) is 11.3 Å². The van der Waals surface area contributed by atoms with Crippen LogP contribution in [0, 0.1) is 0 Å². The van der Waals surface area contributed by atoms with Crippen molar-refractivity contribution in [2.24, 2.45) is 0 Å². The van der Waals surface area contributed by atoms with E-state index in [4.69, 9.17) is 9.47 Å². The van der Waals surface area contributed by atoms with E-state index < -0.39 is 0 Å². The number of methoxy groups -OCH3 is 1. The average molecular weight is 433 g/mol. The first-order valence-corrected chi connectivity index (χ1v) is 10.9. The van der Waals surface area contributed by atoms with E-state index in [0.717, 1.165) is 47.2 Å². The van der Waals surface area contributed by atoms with Gasteiger partial charge in [0.1, 0.15) is 23.6 Å². The van der Waals surface area contributed by atoms with Gasteiger partial charge in [0, 0.05) is 37.8 Å². The molecule has 3 aromatic rings. The first kappa shape index (κ1) is 21.6. The highest BCUT2D eigenvalue weighted by atomic mass is 16.5. The fraction of sp³-hybridized carbons (Fsp3) is 0.320. The molecule has 0 N–H and O–H groups in total. The molecule has 2 heterocycles. The van der Waals surface area contributed by atoms with Crippen LogP contribution in [0.1, 0.15) is 12.5 Å². The molecule has 1 aromatic heterocycles. The van der Waals surface area contributed by atoms with E-state index in [1.165, 1.54) is 0 Å². The SMILES string of the molecule is CCOc1ccc(-c2cc(N3CCN(C(=O)Cc4ccc(OC)cc4)CC3)ncn2)cc1. The third-order valence-electron chi connectivity index (χ3n) is 5.58. The Kier molecular flexibility index (Phi) is 6.84. The fourth-order valence-electron chi connectivity index (χ4n) is 3.78. The molecule has 32 heavy (non-hydrogen) atoms. The van der Waals surface area contributed by atoms with Gasteiger partial charge in [-0.05, 0) is 48.9 Å². The minimum absolute atomic E-state index is 0.146. The number of carbonyl (C=O) groups is 1. The molecule has 1 fully saturated rings. The number of hydrogen-bond acceptors (Lipinski definition) is 6. The molecule has 2 aromatic carbocycles. The largest absolute Gasteiger partial charge is 0.497 e. The lowest BCUT2D eigenvalue weighted by atomic mass is 10.1. The first-order chi connectivity index (χ1) is 15.7. The number of anilines is 1. The van der Waals surface area contributed by atoms with Gasteiger partial charge in [-0.25, -0.2) is 9.97 Å². The maximum Gasteiger partial charge on any atom is 0.227 e. The van der Waals surface area contributed by atoms with Crippen LogP contribution < -0.4 is 14.4 Å². The van der Waals surface area contributed by atoms with E-state index in [1.54, 1.807) is 13.4 Å². The van der Waals surface area contributed by atoms with E-state index in [-0.39, 0.29) is 5.91 Å². The Morgan fingerprint density at radius 3 is 2.28 bits per heavy atom. The summed E-state index contributed by atoms with van der Waals surface area (Å²) in [5.74, 6) is 2.67. The Bertz CT molecular complexity index is 1030. The highest BCUT2D eigenvalue weighted by molar-refractivity contribution is 5.79. The van der Waals surface area contributed by atoms with Crippen LogP contribution >= 0.6 is 0 Å². The Morgan fingerprint density at radius 1 is 0.938 bits per heavy atom. The molecule has 7 nitrogen and oxygen atoms in total. The van der Waals surface area contributed by atoms with E-state index >= 15 is 0 Å². The van der Waals surface area contributed by atoms with Gasteiger partial charge in [-0.3, -0.25) is 4.79 Å². The van der Waals surface area contributed by atoms with Crippen molar-refractivity contribution in [2.75, 3.05) is 44.8 Å². The second kappa shape index (κ2) is 10.1. The van der Waals surface area contributed by atoms with Gasteiger partial charge in [-0.2, -0.15) is 0 Å². The van der Waals surface area contributed by atoms with Crippen LogP contribution in [0.15, 0.2) is 60.9 Å². The zero-order valence-electron chi connectivity index (χ0n) is 18.5. The molecule has 166 valence electrons. The summed E-state index contributed by atoms with van der Waals surface area (Å²) in [6.45, 7) is 5.46. The summed E-state index contributed by atoms with van der Waals surface area (Å²) in [6.07, 6.45) is 2.00. The van der Waals surface area contributed by atoms with E-state index in [1.807, 2.05) is 66.4 Å². The lowest BCUT2D eigenvalue weighted by molar-refractivity contribution is -0.130. The standard InChI is InChI=1S/C25H28N4O3/c1-3-32-22-10-6-20(7-11-22)23-17-24(27-18-26-23)28-12-14-29(15-13-28)25(30)16-19-4-8-21(31-2)9-5-19/h4-11,17-18H,3,12-16H2,1-2H3. The zero-order chi connectivity index (χ0) is 22.3. The smallest absolute Gasteiger partial charge is 0.227 e. The number of ether oxygens (including phenoxy) is 2.